The molecule has 2 N–H and O–H groups in total. The van der Waals surface area contributed by atoms with Gasteiger partial charge in [0.15, 0.2) is 0 Å². The maximum absolute atomic E-state index is 13.6. The van der Waals surface area contributed by atoms with E-state index in [1.807, 2.05) is 0 Å². The molecular weight excluding hydrogens is 513 g/mol. The molecule has 9 nitrogen and oxygen atoms in total. The molecule has 2 aromatic carbocycles. The van der Waals surface area contributed by atoms with Gasteiger partial charge in [-0.15, -0.1) is 0 Å². The fraction of sp³-hybridized carbons (Fsp3) is 0.333. The number of hydrogen-bond donors (Lipinski definition) is 2. The van der Waals surface area contributed by atoms with E-state index in [2.05, 4.69) is 25.5 Å². The lowest BCUT2D eigenvalue weighted by Crippen LogP contribution is -2.33. The predicted octanol–water partition coefficient (Wildman–Crippen LogP) is 4.49. The fourth-order valence-electron chi connectivity index (χ4n) is 4.34. The summed E-state index contributed by atoms with van der Waals surface area (Å²) in [5.74, 6) is 0.369. The molecule has 0 saturated carbocycles. The lowest BCUT2D eigenvalue weighted by molar-refractivity contribution is -0.121. The molecule has 0 radical (unpaired) electrons. The second-order valence-corrected chi connectivity index (χ2v) is 9.58. The maximum Gasteiger partial charge on any atom is 0.248 e. The summed E-state index contributed by atoms with van der Waals surface area (Å²) < 4.78 is 25.2. The monoisotopic (exact) mass is 539 g/mol. The van der Waals surface area contributed by atoms with Gasteiger partial charge in [-0.25, -0.2) is 14.4 Å². The molecule has 198 valence electrons. The minimum absolute atomic E-state index is 0.0151. The minimum atomic E-state index is -0.519. The van der Waals surface area contributed by atoms with Gasteiger partial charge in [-0.05, 0) is 24.3 Å². The molecule has 2 aliphatic heterocycles. The van der Waals surface area contributed by atoms with Crippen LogP contribution in [0.5, 0.6) is 5.75 Å². The van der Waals surface area contributed by atoms with Crippen molar-refractivity contribution in [2.24, 2.45) is 0 Å². The fourth-order valence-corrected chi connectivity index (χ4v) is 4.52. The standard InChI is InChI=1S/C27H27ClFN5O4/c28-21-12-17(3-4-22(21)29)32-27-20-13-24(33-26(36)2-1-8-34-9-5-18(35)6-10-34)25(14-23(20)30-16-31-27)38-19-7-11-37-15-19/h1-4,12-14,16,19H,5-11,15H2,(H,33,36)(H,30,31,32). The van der Waals surface area contributed by atoms with Crippen molar-refractivity contribution in [3.8, 4) is 5.75 Å². The summed E-state index contributed by atoms with van der Waals surface area (Å²) in [6.07, 6.45) is 6.37. The number of nitrogens with one attached hydrogen (secondary N) is 2. The first-order chi connectivity index (χ1) is 18.4. The van der Waals surface area contributed by atoms with Gasteiger partial charge in [0.05, 0.1) is 29.4 Å². The van der Waals surface area contributed by atoms with Gasteiger partial charge in [0.1, 0.15) is 35.6 Å². The van der Waals surface area contributed by atoms with Crippen LogP contribution in [0, 0.1) is 5.82 Å². The van der Waals surface area contributed by atoms with Gasteiger partial charge in [0, 0.05) is 62.1 Å². The first kappa shape index (κ1) is 26.0. The average molecular weight is 540 g/mol. The Morgan fingerprint density at radius 1 is 1.24 bits per heavy atom. The zero-order valence-electron chi connectivity index (χ0n) is 20.6. The Morgan fingerprint density at radius 3 is 2.84 bits per heavy atom. The number of ketones is 1. The van der Waals surface area contributed by atoms with Crippen molar-refractivity contribution in [2.75, 3.05) is 43.5 Å². The molecular formula is C27H27ClFN5O4. The van der Waals surface area contributed by atoms with Crippen molar-refractivity contribution >= 4 is 51.4 Å². The number of hydrogen-bond acceptors (Lipinski definition) is 8. The highest BCUT2D eigenvalue weighted by Crippen LogP contribution is 2.35. The Balaban J connectivity index is 1.39. The summed E-state index contributed by atoms with van der Waals surface area (Å²) in [7, 11) is 0. The third-order valence-electron chi connectivity index (χ3n) is 6.40. The molecule has 0 spiro atoms. The highest BCUT2D eigenvalue weighted by Gasteiger charge is 2.21. The van der Waals surface area contributed by atoms with Crippen LogP contribution in [0.3, 0.4) is 0 Å². The van der Waals surface area contributed by atoms with Crippen LogP contribution in [0.4, 0.5) is 21.6 Å². The van der Waals surface area contributed by atoms with Gasteiger partial charge in [-0.1, -0.05) is 17.7 Å². The molecule has 1 aromatic heterocycles. The lowest BCUT2D eigenvalue weighted by Gasteiger charge is -2.24. The summed E-state index contributed by atoms with van der Waals surface area (Å²) in [4.78, 5) is 35.1. The normalized spacial score (nSPS) is 18.3. The van der Waals surface area contributed by atoms with Crippen LogP contribution in [0.2, 0.25) is 5.02 Å². The molecule has 2 fully saturated rings. The zero-order chi connectivity index (χ0) is 26.5. The zero-order valence-corrected chi connectivity index (χ0v) is 21.3. The third-order valence-corrected chi connectivity index (χ3v) is 6.69. The highest BCUT2D eigenvalue weighted by molar-refractivity contribution is 6.31. The average Bonchev–Trinajstić information content (AvgIpc) is 3.41. The summed E-state index contributed by atoms with van der Waals surface area (Å²) in [6.45, 7) is 3.06. The van der Waals surface area contributed by atoms with Crippen molar-refractivity contribution in [3.63, 3.8) is 0 Å². The first-order valence-electron chi connectivity index (χ1n) is 12.4. The van der Waals surface area contributed by atoms with E-state index in [9.17, 15) is 14.0 Å². The Kier molecular flexibility index (Phi) is 8.11. The maximum atomic E-state index is 13.6. The molecule has 5 rings (SSSR count). The van der Waals surface area contributed by atoms with E-state index in [-0.39, 0.29) is 22.8 Å². The van der Waals surface area contributed by atoms with Crippen molar-refractivity contribution < 1.29 is 23.5 Å². The predicted molar refractivity (Wildman–Crippen MR) is 143 cm³/mol. The van der Waals surface area contributed by atoms with E-state index in [0.717, 1.165) is 6.42 Å². The molecule has 38 heavy (non-hydrogen) atoms. The number of nitrogens with zero attached hydrogens (tertiary/aromatic N) is 3. The molecule has 1 unspecified atom stereocenters. The number of likely N-dealkylation sites (tertiary alicyclic amines) is 1. The molecule has 0 aliphatic carbocycles. The highest BCUT2D eigenvalue weighted by atomic mass is 35.5. The van der Waals surface area contributed by atoms with Gasteiger partial charge in [0.25, 0.3) is 0 Å². The topological polar surface area (TPSA) is 106 Å². The van der Waals surface area contributed by atoms with Crippen LogP contribution in [0.1, 0.15) is 19.3 Å². The van der Waals surface area contributed by atoms with Gasteiger partial charge in [0.2, 0.25) is 5.91 Å². The Labute approximate surface area is 224 Å². The van der Waals surface area contributed by atoms with Crippen LogP contribution in [0.25, 0.3) is 10.9 Å². The van der Waals surface area contributed by atoms with Gasteiger partial charge in [-0.2, -0.15) is 0 Å². The summed E-state index contributed by atoms with van der Waals surface area (Å²) in [5.41, 5.74) is 1.60. The second-order valence-electron chi connectivity index (χ2n) is 9.18. The number of benzene rings is 2. The van der Waals surface area contributed by atoms with Crippen molar-refractivity contribution in [2.45, 2.75) is 25.4 Å². The summed E-state index contributed by atoms with van der Waals surface area (Å²) in [6, 6.07) is 7.79. The number of amides is 1. The molecule has 1 atom stereocenters. The third kappa shape index (κ3) is 6.45. The van der Waals surface area contributed by atoms with Crippen LogP contribution in [0.15, 0.2) is 48.8 Å². The first-order valence-corrected chi connectivity index (χ1v) is 12.8. The Morgan fingerprint density at radius 2 is 2.08 bits per heavy atom. The van der Waals surface area contributed by atoms with E-state index >= 15 is 0 Å². The van der Waals surface area contributed by atoms with Crippen molar-refractivity contribution in [1.29, 1.82) is 0 Å². The van der Waals surface area contributed by atoms with E-state index in [4.69, 9.17) is 21.1 Å². The summed E-state index contributed by atoms with van der Waals surface area (Å²) in [5, 5.41) is 6.66. The number of piperidine rings is 1. The van der Waals surface area contributed by atoms with Crippen LogP contribution in [-0.4, -0.2) is 65.5 Å². The molecule has 2 aliphatic rings. The number of ether oxygens (including phenoxy) is 2. The van der Waals surface area contributed by atoms with E-state index in [1.165, 1.54) is 24.5 Å². The molecule has 0 bridgehead atoms. The van der Waals surface area contributed by atoms with Crippen molar-refractivity contribution in [1.82, 2.24) is 14.9 Å². The molecule has 3 heterocycles. The number of carbonyl (C=O) groups is 2. The number of aromatic nitrogens is 2. The van der Waals surface area contributed by atoms with Gasteiger partial charge in [-0.3, -0.25) is 14.5 Å². The molecule has 2 saturated heterocycles. The smallest absolute Gasteiger partial charge is 0.248 e. The number of fused-ring (bicyclic) bond motifs is 1. The molecule has 3 aromatic rings. The Bertz CT molecular complexity index is 1370. The number of halogens is 2. The number of Topliss-reactive ketones (excluding diaryl/α,β-unsaturated/α-hetero) is 1. The number of carbonyl (C=O) groups excluding carboxylic acids is 2. The quantitative estimate of drug-likeness (QED) is 0.403. The van der Waals surface area contributed by atoms with Gasteiger partial charge >= 0.3 is 0 Å². The molecule has 1 amide bonds. The Hall–Kier alpha value is -3.60. The van der Waals surface area contributed by atoms with Crippen molar-refractivity contribution in [3.05, 3.63) is 59.7 Å². The largest absolute Gasteiger partial charge is 0.486 e. The van der Waals surface area contributed by atoms with E-state index in [1.54, 1.807) is 24.3 Å². The SMILES string of the molecule is O=C1CCN(CC=CC(=O)Nc2cc3c(Nc4ccc(F)c(Cl)c4)ncnc3cc2OC2CCOC2)CC1. The lowest BCUT2D eigenvalue weighted by atomic mass is 10.1. The van der Waals surface area contributed by atoms with Crippen LogP contribution in [-0.2, 0) is 14.3 Å². The van der Waals surface area contributed by atoms with Gasteiger partial charge < -0.3 is 20.1 Å². The van der Waals surface area contributed by atoms with E-state index in [0.29, 0.717) is 79.5 Å². The minimum Gasteiger partial charge on any atom is -0.486 e. The number of rotatable bonds is 8. The second kappa shape index (κ2) is 11.8. The molecule has 11 heteroatoms. The summed E-state index contributed by atoms with van der Waals surface area (Å²) >= 11 is 5.93. The van der Waals surface area contributed by atoms with Crippen LogP contribution < -0.4 is 15.4 Å². The number of anilines is 3. The van der Waals surface area contributed by atoms with Crippen LogP contribution >= 0.6 is 11.6 Å². The van der Waals surface area contributed by atoms with E-state index < -0.39 is 5.82 Å².